The lowest BCUT2D eigenvalue weighted by Gasteiger charge is -2.13. The van der Waals surface area contributed by atoms with Crippen molar-refractivity contribution in [2.24, 2.45) is 0 Å². The largest absolute Gasteiger partial charge is 0.383 e. The van der Waals surface area contributed by atoms with Gasteiger partial charge in [0.25, 0.3) is 0 Å². The minimum atomic E-state index is 0.508. The predicted octanol–water partition coefficient (Wildman–Crippen LogP) is 3.49. The molecule has 1 aromatic heterocycles. The van der Waals surface area contributed by atoms with Gasteiger partial charge in [-0.2, -0.15) is 0 Å². The molecule has 3 N–H and O–H groups in total. The molecule has 18 heavy (non-hydrogen) atoms. The topological polar surface area (TPSA) is 63.8 Å². The molecule has 94 valence electrons. The average Bonchev–Trinajstić information content (AvgIpc) is 2.31. The van der Waals surface area contributed by atoms with Gasteiger partial charge in [0.15, 0.2) is 0 Å². The lowest BCUT2D eigenvalue weighted by atomic mass is 10.2. The summed E-state index contributed by atoms with van der Waals surface area (Å²) < 4.78 is 1.03. The molecule has 0 spiro atoms. The van der Waals surface area contributed by atoms with Crippen LogP contribution in [0, 0.1) is 20.8 Å². The maximum absolute atomic E-state index is 5.84. The van der Waals surface area contributed by atoms with E-state index in [0.29, 0.717) is 11.6 Å². The number of anilines is 3. The van der Waals surface area contributed by atoms with Gasteiger partial charge in [0.2, 0.25) is 0 Å². The van der Waals surface area contributed by atoms with Crippen LogP contribution in [0.5, 0.6) is 0 Å². The number of halogens is 1. The van der Waals surface area contributed by atoms with Crippen LogP contribution < -0.4 is 11.1 Å². The van der Waals surface area contributed by atoms with Crippen LogP contribution in [-0.2, 0) is 0 Å². The smallest absolute Gasteiger partial charge is 0.139 e. The van der Waals surface area contributed by atoms with Crippen LogP contribution >= 0.6 is 15.9 Å². The summed E-state index contributed by atoms with van der Waals surface area (Å²) in [5.41, 5.74) is 8.83. The van der Waals surface area contributed by atoms with E-state index in [9.17, 15) is 0 Å². The van der Waals surface area contributed by atoms with Crippen molar-refractivity contribution in [3.63, 3.8) is 0 Å². The third-order valence-corrected chi connectivity index (χ3v) is 3.79. The quantitative estimate of drug-likeness (QED) is 0.891. The van der Waals surface area contributed by atoms with Crippen LogP contribution in [0.25, 0.3) is 0 Å². The van der Waals surface area contributed by atoms with E-state index in [2.05, 4.69) is 31.2 Å². The number of nitrogens with two attached hydrogens (primary N) is 1. The van der Waals surface area contributed by atoms with Crippen LogP contribution in [0.3, 0.4) is 0 Å². The van der Waals surface area contributed by atoms with E-state index in [1.807, 2.05) is 39.0 Å². The SMILES string of the molecule is Cc1nc(N)c(C)c(Nc2cccc(C)c2Br)n1. The molecule has 0 aliphatic rings. The molecule has 0 saturated heterocycles. The van der Waals surface area contributed by atoms with Gasteiger partial charge in [0.1, 0.15) is 17.5 Å². The fourth-order valence-corrected chi connectivity index (χ4v) is 2.01. The normalized spacial score (nSPS) is 10.4. The van der Waals surface area contributed by atoms with Gasteiger partial charge >= 0.3 is 0 Å². The van der Waals surface area contributed by atoms with Crippen LogP contribution in [-0.4, -0.2) is 9.97 Å². The summed E-state index contributed by atoms with van der Waals surface area (Å²) in [5.74, 6) is 1.91. The van der Waals surface area contributed by atoms with Crippen molar-refractivity contribution in [1.29, 1.82) is 0 Å². The first kappa shape index (κ1) is 12.8. The van der Waals surface area contributed by atoms with Gasteiger partial charge in [-0.3, -0.25) is 0 Å². The molecule has 2 rings (SSSR count). The number of rotatable bonds is 2. The Kier molecular flexibility index (Phi) is 3.52. The number of hydrogen-bond donors (Lipinski definition) is 2. The Morgan fingerprint density at radius 1 is 1.17 bits per heavy atom. The standard InChI is InChI=1S/C13H15BrN4/c1-7-5-4-6-10(11(7)14)18-13-8(2)12(15)16-9(3)17-13/h4-6H,1-3H3,(H3,15,16,17,18). The molecule has 4 nitrogen and oxygen atoms in total. The van der Waals surface area contributed by atoms with E-state index in [1.54, 1.807) is 0 Å². The highest BCUT2D eigenvalue weighted by Gasteiger charge is 2.09. The molecule has 0 radical (unpaired) electrons. The molecule has 5 heteroatoms. The van der Waals surface area contributed by atoms with Crippen molar-refractivity contribution in [3.8, 4) is 0 Å². The highest BCUT2D eigenvalue weighted by Crippen LogP contribution is 2.29. The van der Waals surface area contributed by atoms with Crippen LogP contribution in [0.1, 0.15) is 17.0 Å². The number of nitrogen functional groups attached to an aromatic ring is 1. The molecule has 0 amide bonds. The molecule has 0 aliphatic heterocycles. The molecule has 0 atom stereocenters. The molecular formula is C13H15BrN4. The van der Waals surface area contributed by atoms with Crippen molar-refractivity contribution in [1.82, 2.24) is 9.97 Å². The van der Waals surface area contributed by atoms with Crippen LogP contribution in [0.2, 0.25) is 0 Å². The van der Waals surface area contributed by atoms with Crippen LogP contribution in [0.4, 0.5) is 17.3 Å². The Balaban J connectivity index is 2.43. The second kappa shape index (κ2) is 4.94. The molecule has 1 heterocycles. The maximum atomic E-state index is 5.84. The van der Waals surface area contributed by atoms with Gasteiger partial charge in [-0.1, -0.05) is 12.1 Å². The Morgan fingerprint density at radius 2 is 1.89 bits per heavy atom. The van der Waals surface area contributed by atoms with Crippen LogP contribution in [0.15, 0.2) is 22.7 Å². The number of aryl methyl sites for hydroxylation is 2. The Hall–Kier alpha value is -1.62. The van der Waals surface area contributed by atoms with Crippen molar-refractivity contribution in [2.75, 3.05) is 11.1 Å². The number of nitrogens with one attached hydrogen (secondary N) is 1. The first-order valence-electron chi connectivity index (χ1n) is 5.62. The molecule has 0 bridgehead atoms. The molecular weight excluding hydrogens is 292 g/mol. The monoisotopic (exact) mass is 306 g/mol. The van der Waals surface area contributed by atoms with E-state index in [0.717, 1.165) is 27.1 Å². The highest BCUT2D eigenvalue weighted by atomic mass is 79.9. The van der Waals surface area contributed by atoms with E-state index in [1.165, 1.54) is 0 Å². The van der Waals surface area contributed by atoms with Crippen molar-refractivity contribution < 1.29 is 0 Å². The van der Waals surface area contributed by atoms with Gasteiger partial charge in [0, 0.05) is 10.0 Å². The Labute approximate surface area is 115 Å². The molecule has 0 saturated carbocycles. The lowest BCUT2D eigenvalue weighted by molar-refractivity contribution is 1.04. The Bertz CT molecular complexity index is 596. The third kappa shape index (κ3) is 2.46. The molecule has 2 aromatic rings. The van der Waals surface area contributed by atoms with E-state index >= 15 is 0 Å². The minimum absolute atomic E-state index is 0.508. The minimum Gasteiger partial charge on any atom is -0.383 e. The second-order valence-electron chi connectivity index (χ2n) is 4.19. The van der Waals surface area contributed by atoms with E-state index in [4.69, 9.17) is 5.73 Å². The van der Waals surface area contributed by atoms with E-state index in [-0.39, 0.29) is 0 Å². The number of nitrogens with zero attached hydrogens (tertiary/aromatic N) is 2. The molecule has 1 aromatic carbocycles. The average molecular weight is 307 g/mol. The number of hydrogen-bond acceptors (Lipinski definition) is 4. The number of benzene rings is 1. The van der Waals surface area contributed by atoms with Gasteiger partial charge in [-0.25, -0.2) is 9.97 Å². The van der Waals surface area contributed by atoms with E-state index < -0.39 is 0 Å². The summed E-state index contributed by atoms with van der Waals surface area (Å²) in [4.78, 5) is 8.51. The molecule has 0 fully saturated rings. The van der Waals surface area contributed by atoms with Crippen molar-refractivity contribution in [3.05, 3.63) is 39.6 Å². The van der Waals surface area contributed by atoms with Gasteiger partial charge < -0.3 is 11.1 Å². The first-order valence-corrected chi connectivity index (χ1v) is 6.41. The summed E-state index contributed by atoms with van der Waals surface area (Å²) in [6, 6.07) is 6.03. The van der Waals surface area contributed by atoms with Gasteiger partial charge in [0.05, 0.1) is 5.69 Å². The zero-order valence-corrected chi connectivity index (χ0v) is 12.2. The van der Waals surface area contributed by atoms with Gasteiger partial charge in [-0.15, -0.1) is 0 Å². The van der Waals surface area contributed by atoms with Crippen molar-refractivity contribution in [2.45, 2.75) is 20.8 Å². The summed E-state index contributed by atoms with van der Waals surface area (Å²) >= 11 is 3.56. The fourth-order valence-electron chi connectivity index (χ4n) is 1.64. The summed E-state index contributed by atoms with van der Waals surface area (Å²) in [7, 11) is 0. The zero-order chi connectivity index (χ0) is 13.3. The van der Waals surface area contributed by atoms with Crippen molar-refractivity contribution >= 4 is 33.3 Å². The summed E-state index contributed by atoms with van der Waals surface area (Å²) in [6.45, 7) is 5.77. The second-order valence-corrected chi connectivity index (χ2v) is 4.98. The van der Waals surface area contributed by atoms with Gasteiger partial charge in [-0.05, 0) is 48.3 Å². The highest BCUT2D eigenvalue weighted by molar-refractivity contribution is 9.10. The molecule has 0 unspecified atom stereocenters. The fraction of sp³-hybridized carbons (Fsp3) is 0.231. The maximum Gasteiger partial charge on any atom is 0.139 e. The molecule has 0 aliphatic carbocycles. The summed E-state index contributed by atoms with van der Waals surface area (Å²) in [5, 5.41) is 3.28. The summed E-state index contributed by atoms with van der Waals surface area (Å²) in [6.07, 6.45) is 0. The Morgan fingerprint density at radius 3 is 2.61 bits per heavy atom. The first-order chi connectivity index (χ1) is 8.49. The predicted molar refractivity (Wildman–Crippen MR) is 78.1 cm³/mol. The zero-order valence-electron chi connectivity index (χ0n) is 10.6. The number of aromatic nitrogens is 2. The third-order valence-electron chi connectivity index (χ3n) is 2.74. The lowest BCUT2D eigenvalue weighted by Crippen LogP contribution is -2.05.